The number of hydrogen-bond acceptors (Lipinski definition) is 24. The molecule has 0 saturated carbocycles. The average molecular weight is 1070 g/mol. The van der Waals surface area contributed by atoms with E-state index in [2.05, 4.69) is 0 Å². The van der Waals surface area contributed by atoms with Crippen LogP contribution in [0.15, 0.2) is 0 Å². The minimum absolute atomic E-state index is 0. The van der Waals surface area contributed by atoms with Gasteiger partial charge in [-0.25, -0.2) is 0 Å². The van der Waals surface area contributed by atoms with Gasteiger partial charge in [0.25, 0.3) is 0 Å². The van der Waals surface area contributed by atoms with Crippen molar-refractivity contribution in [1.82, 2.24) is 0 Å². The summed E-state index contributed by atoms with van der Waals surface area (Å²) in [6.07, 6.45) is 0. The first-order valence-corrected chi connectivity index (χ1v) is 18.1. The first-order valence-electron chi connectivity index (χ1n) is 4.38. The zero-order valence-electron chi connectivity index (χ0n) is 14.6. The molecule has 34 heteroatoms. The van der Waals surface area contributed by atoms with Crippen LogP contribution in [-0.4, -0.2) is 37.7 Å². The van der Waals surface area contributed by atoms with Crippen LogP contribution >= 0.6 is 0 Å². The zero-order chi connectivity index (χ0) is 28.6. The van der Waals surface area contributed by atoms with Crippen LogP contribution in [0.5, 0.6) is 0 Å². The fourth-order valence-corrected chi connectivity index (χ4v) is 0. The van der Waals surface area contributed by atoms with Crippen molar-refractivity contribution in [3.8, 4) is 0 Å². The van der Waals surface area contributed by atoms with E-state index in [0.717, 1.165) is 0 Å². The maximum absolute atomic E-state index is 8.56. The summed E-state index contributed by atoms with van der Waals surface area (Å²) in [4.78, 5) is 0. The normalized spacial score (nSPS) is 5.88. The quantitative estimate of drug-likeness (QED) is 0.203. The van der Waals surface area contributed by atoms with E-state index in [9.17, 15) is 0 Å². The van der Waals surface area contributed by atoms with Gasteiger partial charge in [0.2, 0.25) is 0 Å². The molecule has 0 N–H and O–H groups in total. The Labute approximate surface area is 277 Å². The molecule has 0 bridgehead atoms. The maximum Gasteiger partial charge on any atom is 0 e. The molecule has 196 valence electrons. The first-order chi connectivity index (χ1) is 13.9. The van der Waals surface area contributed by atoms with Gasteiger partial charge in [-0.05, 0) is 0 Å². The first kappa shape index (κ1) is 66.0. The van der Waals surface area contributed by atoms with Crippen molar-refractivity contribution in [2.45, 2.75) is 0 Å². The van der Waals surface area contributed by atoms with E-state index in [1.807, 2.05) is 0 Å². The van der Waals surface area contributed by atoms with Crippen molar-refractivity contribution < 1.29 is 245 Å². The molecule has 0 aliphatic heterocycles. The second-order valence-electron chi connectivity index (χ2n) is 1.79. The summed E-state index contributed by atoms with van der Waals surface area (Å²) >= 11 is -31.5. The third-order valence-corrected chi connectivity index (χ3v) is 0. The van der Waals surface area contributed by atoms with Gasteiger partial charge in [-0.3, -0.25) is 0 Å². The molecule has 0 aromatic rings. The van der Waals surface area contributed by atoms with Crippen LogP contribution in [0.3, 0.4) is 0 Å². The van der Waals surface area contributed by atoms with Crippen LogP contribution in [-0.2, 0) is 182 Å². The zero-order valence-corrected chi connectivity index (χ0v) is 32.1. The molecule has 0 aliphatic rings. The van der Waals surface area contributed by atoms with Crippen LogP contribution in [0.4, 0.5) is 0 Å². The fraction of sp³-hybridized carbons (Fsp3) is 0. The molecule has 0 saturated heterocycles. The standard InChI is InChI=1S/Ca.24O.U.8V/q+2;;;;;;;;;;;;;;;;;8*-1;;;;;;;;;. The molecule has 0 aromatic heterocycles. The predicted molar refractivity (Wildman–Crippen MR) is 16.7 cm³/mol. The predicted octanol–water partition coefficient (Wildman–Crippen LogP) is -11.8. The Balaban J connectivity index is -0.0000000240. The van der Waals surface area contributed by atoms with E-state index in [1.165, 1.54) is 0 Å². The molecule has 0 aliphatic carbocycles. The Morgan fingerprint density at radius 3 is 0.235 bits per heavy atom. The van der Waals surface area contributed by atoms with Crippen molar-refractivity contribution in [1.29, 1.82) is 0 Å². The summed E-state index contributed by atoms with van der Waals surface area (Å²) in [7, 11) is 0. The fourth-order valence-electron chi connectivity index (χ4n) is 0. The van der Waals surface area contributed by atoms with Crippen LogP contribution in [0.1, 0.15) is 0 Å². The topological polar surface area (TPSA) is 458 Å². The Morgan fingerprint density at radius 1 is 0.235 bits per heavy atom. The molecular formula is CaO24UV8-6. The van der Waals surface area contributed by atoms with Crippen molar-refractivity contribution >= 4 is 37.7 Å². The SMILES string of the molecule is [Ca+2].[O]=[V](=[O])[O-].[O]=[V](=[O])[O-].[O]=[V](=[O])[O-].[O]=[V](=[O])[O-].[O]=[V](=[O])[O-].[O]=[V](=[O])[O-].[O]=[V](=[O])[O-].[O]=[V](=[O])[O-].[U]. The Kier molecular flexibility index (Phi) is 118. The van der Waals surface area contributed by atoms with Crippen molar-refractivity contribution in [3.63, 3.8) is 0 Å². The third kappa shape index (κ3) is 3510. The van der Waals surface area contributed by atoms with E-state index >= 15 is 0 Å². The summed E-state index contributed by atoms with van der Waals surface area (Å²) in [5.74, 6) is 0. The van der Waals surface area contributed by atoms with Crippen LogP contribution in [0.25, 0.3) is 0 Å². The molecule has 0 radical (unpaired) electrons. The molecule has 0 amide bonds. The molecule has 0 rings (SSSR count). The monoisotopic (exact) mass is 1070 g/mol. The van der Waals surface area contributed by atoms with Crippen LogP contribution < -0.4 is 32.3 Å². The molecular weight excluding hydrogens is 1070 g/mol. The Morgan fingerprint density at radius 2 is 0.235 bits per heavy atom. The summed E-state index contributed by atoms with van der Waals surface area (Å²) in [5, 5.41) is 0. The van der Waals surface area contributed by atoms with E-state index in [-0.39, 0.29) is 68.9 Å². The van der Waals surface area contributed by atoms with Gasteiger partial charge in [-0.2, -0.15) is 0 Å². The third-order valence-electron chi connectivity index (χ3n) is 0. The van der Waals surface area contributed by atoms with Crippen molar-refractivity contribution in [2.24, 2.45) is 0 Å². The summed E-state index contributed by atoms with van der Waals surface area (Å²) in [6.45, 7) is 0. The van der Waals surface area contributed by atoms with Gasteiger partial charge in [0.1, 0.15) is 0 Å². The second kappa shape index (κ2) is 60.8. The van der Waals surface area contributed by atoms with Gasteiger partial charge >= 0.3 is 252 Å². The van der Waals surface area contributed by atoms with Gasteiger partial charge in [-0.1, -0.05) is 0 Å². The summed E-state index contributed by atoms with van der Waals surface area (Å²) < 4.78 is 206. The summed E-state index contributed by atoms with van der Waals surface area (Å²) in [6, 6.07) is 0. The second-order valence-corrected chi connectivity index (χ2v) is 7.38. The van der Waals surface area contributed by atoms with E-state index in [0.29, 0.717) is 0 Å². The van der Waals surface area contributed by atoms with E-state index in [4.69, 9.17) is 91.0 Å². The van der Waals surface area contributed by atoms with E-state index in [1.54, 1.807) is 0 Å². The molecule has 0 atom stereocenters. The van der Waals surface area contributed by atoms with Crippen molar-refractivity contribution in [2.75, 3.05) is 0 Å². The molecule has 0 unspecified atom stereocenters. The number of rotatable bonds is 0. The molecule has 0 aromatic carbocycles. The van der Waals surface area contributed by atoms with E-state index < -0.39 is 123 Å². The van der Waals surface area contributed by atoms with Gasteiger partial charge in [0.15, 0.2) is 0 Å². The average Bonchev–Trinajstić information content (AvgIpc) is 2.30. The minimum atomic E-state index is -3.94. The van der Waals surface area contributed by atoms with Gasteiger partial charge < -0.3 is 0 Å². The molecule has 24 nitrogen and oxygen atoms in total. The van der Waals surface area contributed by atoms with Crippen LogP contribution in [0, 0.1) is 31.1 Å². The minimum Gasteiger partial charge on any atom is 0 e. The van der Waals surface area contributed by atoms with Gasteiger partial charge in [0, 0.05) is 31.1 Å². The molecule has 34 heavy (non-hydrogen) atoms. The van der Waals surface area contributed by atoms with Gasteiger partial charge in [-0.15, -0.1) is 0 Å². The van der Waals surface area contributed by atoms with Gasteiger partial charge in [0.05, 0.1) is 0 Å². The smallest absolute Gasteiger partial charge is 0 e. The Hall–Kier alpha value is 3.47. The van der Waals surface area contributed by atoms with Crippen LogP contribution in [0.2, 0.25) is 0 Å². The maximum atomic E-state index is 8.56. The molecule has 0 fully saturated rings. The Bertz CT molecular complexity index is 666. The number of hydrogen-bond donors (Lipinski definition) is 0. The largest absolute Gasteiger partial charge is 0 e. The van der Waals surface area contributed by atoms with Crippen molar-refractivity contribution in [3.05, 3.63) is 0 Å². The molecule has 0 spiro atoms. The molecule has 0 heterocycles. The summed E-state index contributed by atoms with van der Waals surface area (Å²) in [5.41, 5.74) is 0.